The van der Waals surface area contributed by atoms with Crippen LogP contribution in [-0.4, -0.2) is 36.5 Å². The molecule has 0 amide bonds. The Bertz CT molecular complexity index is 774. The van der Waals surface area contributed by atoms with Crippen LogP contribution in [0.4, 0.5) is 0 Å². The quantitative estimate of drug-likeness (QED) is 0.657. The molecule has 0 saturated heterocycles. The molecule has 0 aromatic heterocycles. The number of carbonyl (C=O) groups is 1. The smallest absolute Gasteiger partial charge is 0.329 e. The maximum absolute atomic E-state index is 9.47. The van der Waals surface area contributed by atoms with Crippen LogP contribution in [-0.2, 0) is 9.53 Å². The van der Waals surface area contributed by atoms with Crippen LogP contribution in [0, 0.1) is 10.8 Å². The van der Waals surface area contributed by atoms with Crippen LogP contribution in [0.15, 0.2) is 34.8 Å². The molecule has 22 heavy (non-hydrogen) atoms. The lowest BCUT2D eigenvalue weighted by Crippen LogP contribution is -2.20. The van der Waals surface area contributed by atoms with Crippen molar-refractivity contribution in [3.05, 3.63) is 45.9 Å². The van der Waals surface area contributed by atoms with Gasteiger partial charge in [0.2, 0.25) is 0 Å². The van der Waals surface area contributed by atoms with E-state index in [4.69, 9.17) is 15.9 Å². The summed E-state index contributed by atoms with van der Waals surface area (Å²) in [5, 5.41) is 28.2. The summed E-state index contributed by atoms with van der Waals surface area (Å²) < 4.78 is 5.22. The number of carboxylic acids is 1. The van der Waals surface area contributed by atoms with Gasteiger partial charge < -0.3 is 15.2 Å². The van der Waals surface area contributed by atoms with Gasteiger partial charge in [-0.1, -0.05) is 34.1 Å². The number of hydrogen-bond acceptors (Lipinski definition) is 4. The third-order valence-electron chi connectivity index (χ3n) is 3.05. The summed E-state index contributed by atoms with van der Waals surface area (Å²) in [6, 6.07) is 9.77. The maximum Gasteiger partial charge on any atom is 0.329 e. The van der Waals surface area contributed by atoms with Crippen LogP contribution in [0.3, 0.4) is 0 Å². The third-order valence-corrected chi connectivity index (χ3v) is 3.74. The van der Waals surface area contributed by atoms with Crippen molar-refractivity contribution in [2.24, 2.45) is 0 Å². The van der Waals surface area contributed by atoms with Crippen molar-refractivity contribution >= 4 is 44.3 Å². The maximum atomic E-state index is 9.47. The van der Waals surface area contributed by atoms with Gasteiger partial charge in [-0.25, -0.2) is 4.79 Å². The molecule has 2 aromatic carbocycles. The summed E-state index contributed by atoms with van der Waals surface area (Å²) in [4.78, 5) is 9.47. The fourth-order valence-electron chi connectivity index (χ4n) is 2.18. The number of aliphatic carboxylic acids is 1. The highest BCUT2D eigenvalue weighted by Crippen LogP contribution is 2.30. The van der Waals surface area contributed by atoms with Crippen molar-refractivity contribution in [1.82, 2.24) is 5.32 Å². The van der Waals surface area contributed by atoms with Crippen LogP contribution in [0.2, 0.25) is 0 Å². The standard InChI is InChI=1S/C12H8BrN3.C3H6O3/c13-9-3-1-2-7-6(9)4-5-8-10(7)12(15)16-11(8)14;1-6-2-3(4)5/h1-5H,(H3,14,15,16);2H2,1H3,(H,4,5). The topological polar surface area (TPSA) is 106 Å². The molecular weight excluding hydrogens is 350 g/mol. The zero-order valence-electron chi connectivity index (χ0n) is 11.7. The average Bonchev–Trinajstić information content (AvgIpc) is 2.75. The molecule has 1 heterocycles. The van der Waals surface area contributed by atoms with Gasteiger partial charge in [0.05, 0.1) is 0 Å². The number of methoxy groups -OCH3 is 1. The molecule has 0 bridgehead atoms. The van der Waals surface area contributed by atoms with Crippen molar-refractivity contribution in [2.75, 3.05) is 13.7 Å². The molecule has 2 aromatic rings. The number of carboxylic acid groups (broad SMARTS) is 1. The number of rotatable bonds is 2. The molecule has 4 N–H and O–H groups in total. The number of fused-ring (bicyclic) bond motifs is 3. The highest BCUT2D eigenvalue weighted by Gasteiger charge is 2.23. The molecule has 7 heteroatoms. The van der Waals surface area contributed by atoms with Gasteiger partial charge in [0.25, 0.3) is 0 Å². The zero-order valence-corrected chi connectivity index (χ0v) is 13.3. The van der Waals surface area contributed by atoms with E-state index in [-0.39, 0.29) is 6.61 Å². The summed E-state index contributed by atoms with van der Waals surface area (Å²) in [6.45, 7) is -0.208. The Kier molecular flexibility index (Phi) is 4.89. The zero-order chi connectivity index (χ0) is 16.3. The van der Waals surface area contributed by atoms with E-state index in [0.29, 0.717) is 11.7 Å². The van der Waals surface area contributed by atoms with Crippen molar-refractivity contribution in [1.29, 1.82) is 10.8 Å². The lowest BCUT2D eigenvalue weighted by molar-refractivity contribution is -0.141. The molecule has 1 aliphatic heterocycles. The van der Waals surface area contributed by atoms with Crippen LogP contribution < -0.4 is 5.32 Å². The molecule has 114 valence electrons. The van der Waals surface area contributed by atoms with Gasteiger partial charge >= 0.3 is 5.97 Å². The van der Waals surface area contributed by atoms with E-state index in [1.54, 1.807) is 0 Å². The fraction of sp³-hybridized carbons (Fsp3) is 0.133. The molecule has 6 nitrogen and oxygen atoms in total. The van der Waals surface area contributed by atoms with Gasteiger partial charge in [-0.3, -0.25) is 10.8 Å². The molecule has 0 spiro atoms. The van der Waals surface area contributed by atoms with E-state index in [9.17, 15) is 4.79 Å². The van der Waals surface area contributed by atoms with E-state index in [1.807, 2.05) is 30.3 Å². The second-order valence-corrected chi connectivity index (χ2v) is 5.38. The largest absolute Gasteiger partial charge is 0.480 e. The van der Waals surface area contributed by atoms with Crippen molar-refractivity contribution in [3.63, 3.8) is 0 Å². The average molecular weight is 364 g/mol. The first-order valence-corrected chi connectivity index (χ1v) is 7.11. The van der Waals surface area contributed by atoms with Crippen LogP contribution in [0.1, 0.15) is 11.1 Å². The van der Waals surface area contributed by atoms with Gasteiger partial charge in [-0.2, -0.15) is 0 Å². The summed E-state index contributed by atoms with van der Waals surface area (Å²) in [5.41, 5.74) is 1.62. The lowest BCUT2D eigenvalue weighted by Gasteiger charge is -2.05. The van der Waals surface area contributed by atoms with Crippen molar-refractivity contribution in [2.45, 2.75) is 0 Å². The number of hydrogen-bond donors (Lipinski definition) is 4. The minimum atomic E-state index is -0.933. The fourth-order valence-corrected chi connectivity index (χ4v) is 2.67. The van der Waals surface area contributed by atoms with E-state index in [0.717, 1.165) is 26.4 Å². The molecule has 0 aliphatic carbocycles. The van der Waals surface area contributed by atoms with E-state index in [2.05, 4.69) is 26.0 Å². The number of benzene rings is 2. The number of amidine groups is 2. The normalized spacial score (nSPS) is 12.5. The Morgan fingerprint density at radius 1 is 1.23 bits per heavy atom. The SMILES string of the molecule is COCC(=O)O.N=C1NC(=N)c2c1ccc1c(Br)cccc21. The molecule has 0 radical (unpaired) electrons. The monoisotopic (exact) mass is 363 g/mol. The molecule has 0 saturated carbocycles. The molecular formula is C15H14BrN3O3. The van der Waals surface area contributed by atoms with Crippen LogP contribution >= 0.6 is 15.9 Å². The molecule has 0 fully saturated rings. The van der Waals surface area contributed by atoms with E-state index < -0.39 is 5.97 Å². The van der Waals surface area contributed by atoms with E-state index >= 15 is 0 Å². The summed E-state index contributed by atoms with van der Waals surface area (Å²) in [5.74, 6) is -0.317. The predicted molar refractivity (Wildman–Crippen MR) is 88.0 cm³/mol. The number of halogens is 1. The Morgan fingerprint density at radius 3 is 2.55 bits per heavy atom. The molecule has 0 unspecified atom stereocenters. The predicted octanol–water partition coefficient (Wildman–Crippen LogP) is 2.57. The Balaban J connectivity index is 0.000000254. The van der Waals surface area contributed by atoms with Gasteiger partial charge in [0, 0.05) is 22.7 Å². The molecule has 3 rings (SSSR count). The second kappa shape index (κ2) is 6.67. The van der Waals surface area contributed by atoms with Crippen molar-refractivity contribution in [3.8, 4) is 0 Å². The lowest BCUT2D eigenvalue weighted by atomic mass is 10.0. The molecule has 0 atom stereocenters. The van der Waals surface area contributed by atoms with Gasteiger partial charge in [-0.15, -0.1) is 0 Å². The Morgan fingerprint density at radius 2 is 1.95 bits per heavy atom. The minimum absolute atomic E-state index is 0.208. The van der Waals surface area contributed by atoms with Crippen molar-refractivity contribution < 1.29 is 14.6 Å². The van der Waals surface area contributed by atoms with Crippen LogP contribution in [0.25, 0.3) is 10.8 Å². The van der Waals surface area contributed by atoms with Gasteiger partial charge in [-0.05, 0) is 22.9 Å². The van der Waals surface area contributed by atoms with Gasteiger partial charge in [0.1, 0.15) is 18.3 Å². The Labute approximate surface area is 135 Å². The Hall–Kier alpha value is -2.25. The second-order valence-electron chi connectivity index (χ2n) is 4.52. The summed E-state index contributed by atoms with van der Waals surface area (Å²) >= 11 is 3.50. The highest BCUT2D eigenvalue weighted by molar-refractivity contribution is 9.10. The number of nitrogens with one attached hydrogen (secondary N) is 3. The first-order chi connectivity index (χ1) is 10.5. The summed E-state index contributed by atoms with van der Waals surface area (Å²) in [6.07, 6.45) is 0. The first-order valence-electron chi connectivity index (χ1n) is 6.32. The van der Waals surface area contributed by atoms with E-state index in [1.165, 1.54) is 7.11 Å². The van der Waals surface area contributed by atoms with Gasteiger partial charge in [0.15, 0.2) is 0 Å². The molecule has 1 aliphatic rings. The first kappa shape index (κ1) is 16.1. The number of ether oxygens (including phenoxy) is 1. The third kappa shape index (κ3) is 3.15. The van der Waals surface area contributed by atoms with Crippen LogP contribution in [0.5, 0.6) is 0 Å². The highest BCUT2D eigenvalue weighted by atomic mass is 79.9. The summed E-state index contributed by atoms with van der Waals surface area (Å²) in [7, 11) is 1.34. The minimum Gasteiger partial charge on any atom is -0.480 e.